The number of allylic oxidation sites excluding steroid dienone is 2. The van der Waals surface area contributed by atoms with Gasteiger partial charge in [-0.1, -0.05) is 24.3 Å². The molecule has 0 bridgehead atoms. The maximum Gasteiger partial charge on any atom is 0.333 e. The van der Waals surface area contributed by atoms with Gasteiger partial charge in [0.05, 0.1) is 7.11 Å². The number of hydrogen-bond acceptors (Lipinski definition) is 3. The van der Waals surface area contributed by atoms with Crippen LogP contribution in [0.15, 0.2) is 54.4 Å². The van der Waals surface area contributed by atoms with Crippen molar-refractivity contribution in [3.63, 3.8) is 0 Å². The highest BCUT2D eigenvalue weighted by Crippen LogP contribution is 2.17. The van der Waals surface area contributed by atoms with Gasteiger partial charge < -0.3 is 15.0 Å². The molecule has 0 aliphatic rings. The van der Waals surface area contributed by atoms with Gasteiger partial charge in [-0.05, 0) is 37.3 Å². The quantitative estimate of drug-likeness (QED) is 0.371. The standard InChI is InChI=1S/C17H20N2O2/c1-13(17(20)21-2)6-5-10-18-11-9-14-12-19-16-8-4-3-7-15(14)16/h3-8,10,12,18-19H,9,11H2,1-2H3/b10-5+,13-6+. The Kier molecular flexibility index (Phi) is 5.21. The molecule has 0 aliphatic heterocycles. The van der Waals surface area contributed by atoms with E-state index in [2.05, 4.69) is 33.4 Å². The summed E-state index contributed by atoms with van der Waals surface area (Å²) in [5, 5.41) is 4.48. The van der Waals surface area contributed by atoms with E-state index < -0.39 is 0 Å². The largest absolute Gasteiger partial charge is 0.466 e. The van der Waals surface area contributed by atoms with Crippen molar-refractivity contribution >= 4 is 16.9 Å². The third-order valence-corrected chi connectivity index (χ3v) is 3.28. The molecular weight excluding hydrogens is 264 g/mol. The van der Waals surface area contributed by atoms with Crippen LogP contribution in [-0.2, 0) is 16.0 Å². The van der Waals surface area contributed by atoms with E-state index in [9.17, 15) is 4.79 Å². The molecule has 4 nitrogen and oxygen atoms in total. The molecule has 0 amide bonds. The lowest BCUT2D eigenvalue weighted by atomic mass is 10.1. The van der Waals surface area contributed by atoms with Gasteiger partial charge >= 0.3 is 5.97 Å². The number of ether oxygens (including phenoxy) is 1. The van der Waals surface area contributed by atoms with Gasteiger partial charge in [0.15, 0.2) is 0 Å². The van der Waals surface area contributed by atoms with E-state index in [-0.39, 0.29) is 5.97 Å². The first-order valence-electron chi connectivity index (χ1n) is 6.92. The number of para-hydroxylation sites is 1. The summed E-state index contributed by atoms with van der Waals surface area (Å²) in [6, 6.07) is 8.28. The van der Waals surface area contributed by atoms with Crippen LogP contribution >= 0.6 is 0 Å². The minimum Gasteiger partial charge on any atom is -0.466 e. The fourth-order valence-electron chi connectivity index (χ4n) is 2.12. The van der Waals surface area contributed by atoms with E-state index >= 15 is 0 Å². The Morgan fingerprint density at radius 3 is 3.00 bits per heavy atom. The molecule has 2 N–H and O–H groups in total. The molecule has 0 aliphatic carbocycles. The van der Waals surface area contributed by atoms with E-state index in [4.69, 9.17) is 0 Å². The minimum atomic E-state index is -0.307. The van der Waals surface area contributed by atoms with Crippen LogP contribution in [0, 0.1) is 0 Å². The van der Waals surface area contributed by atoms with Crippen molar-refractivity contribution in [3.8, 4) is 0 Å². The topological polar surface area (TPSA) is 54.1 Å². The van der Waals surface area contributed by atoms with Crippen molar-refractivity contribution in [1.82, 2.24) is 10.3 Å². The molecule has 0 radical (unpaired) electrons. The molecular formula is C17H20N2O2. The first-order valence-corrected chi connectivity index (χ1v) is 6.92. The number of methoxy groups -OCH3 is 1. The fraction of sp³-hybridized carbons (Fsp3) is 0.235. The Labute approximate surface area is 124 Å². The summed E-state index contributed by atoms with van der Waals surface area (Å²) >= 11 is 0. The molecule has 0 spiro atoms. The van der Waals surface area contributed by atoms with Crippen LogP contribution in [0.5, 0.6) is 0 Å². The van der Waals surface area contributed by atoms with Crippen molar-refractivity contribution in [1.29, 1.82) is 0 Å². The summed E-state index contributed by atoms with van der Waals surface area (Å²) in [4.78, 5) is 14.4. The summed E-state index contributed by atoms with van der Waals surface area (Å²) in [7, 11) is 1.38. The molecule has 0 saturated carbocycles. The van der Waals surface area contributed by atoms with Gasteiger partial charge in [-0.2, -0.15) is 0 Å². The molecule has 0 atom stereocenters. The molecule has 1 aromatic heterocycles. The normalized spacial score (nSPS) is 12.0. The second kappa shape index (κ2) is 7.33. The Morgan fingerprint density at radius 1 is 1.38 bits per heavy atom. The highest BCUT2D eigenvalue weighted by atomic mass is 16.5. The van der Waals surface area contributed by atoms with Crippen molar-refractivity contribution in [2.24, 2.45) is 0 Å². The number of nitrogens with one attached hydrogen (secondary N) is 2. The molecule has 0 saturated heterocycles. The molecule has 21 heavy (non-hydrogen) atoms. The zero-order valence-corrected chi connectivity index (χ0v) is 12.3. The predicted octanol–water partition coefficient (Wildman–Crippen LogP) is 2.93. The number of aromatic nitrogens is 1. The number of rotatable bonds is 6. The molecule has 0 unspecified atom stereocenters. The zero-order valence-electron chi connectivity index (χ0n) is 12.3. The second-order valence-corrected chi connectivity index (χ2v) is 4.76. The Hall–Kier alpha value is -2.49. The molecule has 0 fully saturated rings. The summed E-state index contributed by atoms with van der Waals surface area (Å²) in [6.07, 6.45) is 8.36. The SMILES string of the molecule is COC(=O)/C(C)=C/C=C/NCCc1c[nH]c2ccccc12. The van der Waals surface area contributed by atoms with Gasteiger partial charge in [0.2, 0.25) is 0 Å². The Bertz CT molecular complexity index is 668. The van der Waals surface area contributed by atoms with Crippen molar-refractivity contribution in [2.75, 3.05) is 13.7 Å². The number of esters is 1. The predicted molar refractivity (Wildman–Crippen MR) is 84.9 cm³/mol. The van der Waals surface area contributed by atoms with Gasteiger partial charge in [0.1, 0.15) is 0 Å². The van der Waals surface area contributed by atoms with Gasteiger partial charge in [0, 0.05) is 29.2 Å². The number of carbonyl (C=O) groups is 1. The summed E-state index contributed by atoms with van der Waals surface area (Å²) in [5.41, 5.74) is 3.04. The highest BCUT2D eigenvalue weighted by molar-refractivity contribution is 5.87. The number of benzene rings is 1. The zero-order chi connectivity index (χ0) is 15.1. The fourth-order valence-corrected chi connectivity index (χ4v) is 2.12. The molecule has 1 aromatic carbocycles. The van der Waals surface area contributed by atoms with E-state index in [1.54, 1.807) is 13.0 Å². The average molecular weight is 284 g/mol. The Balaban J connectivity index is 1.81. The van der Waals surface area contributed by atoms with Gasteiger partial charge in [-0.15, -0.1) is 0 Å². The van der Waals surface area contributed by atoms with Crippen LogP contribution in [-0.4, -0.2) is 24.6 Å². The molecule has 2 rings (SSSR count). The summed E-state index contributed by atoms with van der Waals surface area (Å²) in [5.74, 6) is -0.307. The molecule has 4 heteroatoms. The van der Waals surface area contributed by atoms with Crippen molar-refractivity contribution < 1.29 is 9.53 Å². The molecule has 1 heterocycles. The number of carbonyl (C=O) groups excluding carboxylic acids is 1. The van der Waals surface area contributed by atoms with Crippen LogP contribution in [0.4, 0.5) is 0 Å². The highest BCUT2D eigenvalue weighted by Gasteiger charge is 2.01. The monoisotopic (exact) mass is 284 g/mol. The van der Waals surface area contributed by atoms with Crippen LogP contribution in [0.25, 0.3) is 10.9 Å². The van der Waals surface area contributed by atoms with E-state index in [0.29, 0.717) is 5.57 Å². The maximum absolute atomic E-state index is 11.2. The van der Waals surface area contributed by atoms with Crippen LogP contribution in [0.2, 0.25) is 0 Å². The Morgan fingerprint density at radius 2 is 2.19 bits per heavy atom. The second-order valence-electron chi connectivity index (χ2n) is 4.76. The van der Waals surface area contributed by atoms with Gasteiger partial charge in [-0.3, -0.25) is 0 Å². The van der Waals surface area contributed by atoms with E-state index in [1.165, 1.54) is 23.6 Å². The maximum atomic E-state index is 11.2. The lowest BCUT2D eigenvalue weighted by molar-refractivity contribution is -0.136. The summed E-state index contributed by atoms with van der Waals surface area (Å²) in [6.45, 7) is 2.56. The van der Waals surface area contributed by atoms with Crippen LogP contribution < -0.4 is 5.32 Å². The number of hydrogen-bond donors (Lipinski definition) is 2. The van der Waals surface area contributed by atoms with Crippen molar-refractivity contribution in [2.45, 2.75) is 13.3 Å². The van der Waals surface area contributed by atoms with Crippen molar-refractivity contribution in [3.05, 3.63) is 60.0 Å². The molecule has 2 aromatic rings. The van der Waals surface area contributed by atoms with Gasteiger partial charge in [0.25, 0.3) is 0 Å². The van der Waals surface area contributed by atoms with E-state index in [0.717, 1.165) is 13.0 Å². The van der Waals surface area contributed by atoms with Crippen LogP contribution in [0.3, 0.4) is 0 Å². The molecule has 110 valence electrons. The lowest BCUT2D eigenvalue weighted by Crippen LogP contribution is -2.09. The third kappa shape index (κ3) is 3.99. The minimum absolute atomic E-state index is 0.307. The summed E-state index contributed by atoms with van der Waals surface area (Å²) < 4.78 is 4.62. The smallest absolute Gasteiger partial charge is 0.333 e. The third-order valence-electron chi connectivity index (χ3n) is 3.28. The average Bonchev–Trinajstić information content (AvgIpc) is 2.93. The van der Waals surface area contributed by atoms with Gasteiger partial charge in [-0.25, -0.2) is 4.79 Å². The number of fused-ring (bicyclic) bond motifs is 1. The number of H-pyrrole nitrogens is 1. The van der Waals surface area contributed by atoms with E-state index in [1.807, 2.05) is 24.4 Å². The number of aromatic amines is 1. The van der Waals surface area contributed by atoms with Crippen LogP contribution in [0.1, 0.15) is 12.5 Å². The lowest BCUT2D eigenvalue weighted by Gasteiger charge is -2.00. The first kappa shape index (κ1) is 14.9. The first-order chi connectivity index (χ1) is 10.2.